The van der Waals surface area contributed by atoms with E-state index in [2.05, 4.69) is 20.4 Å². The van der Waals surface area contributed by atoms with E-state index >= 15 is 0 Å². The molecule has 0 heterocycles. The molecule has 0 aromatic heterocycles. The number of rotatable bonds is 0. The second kappa shape index (κ2) is 1060. The van der Waals surface area contributed by atoms with Crippen LogP contribution in [0.25, 0.3) is 0 Å². The zero-order chi connectivity index (χ0) is 6.00. The average Bonchev–Trinajstić information content (AvgIpc) is 1.81. The van der Waals surface area contributed by atoms with E-state index < -0.39 is 0 Å². The maximum absolute atomic E-state index is 7.75. The molecule has 0 aromatic rings. The third kappa shape index (κ3) is 653. The van der Waals surface area contributed by atoms with Gasteiger partial charge >= 0.3 is 20.1 Å². The van der Waals surface area contributed by atoms with E-state index in [9.17, 15) is 0 Å². The Hall–Kier alpha value is -0.341. The van der Waals surface area contributed by atoms with Crippen molar-refractivity contribution in [3.8, 4) is 0 Å². The van der Waals surface area contributed by atoms with E-state index in [1.54, 1.807) is 0 Å². The van der Waals surface area contributed by atoms with Crippen LogP contribution in [0.3, 0.4) is 0 Å². The minimum atomic E-state index is 0. The molecule has 7 heavy (non-hydrogen) atoms. The van der Waals surface area contributed by atoms with Crippen molar-refractivity contribution in [3.63, 3.8) is 0 Å². The fraction of sp³-hybridized carbons (Fsp3) is 0. The van der Waals surface area contributed by atoms with Crippen molar-refractivity contribution < 1.29 is 34.5 Å². The van der Waals surface area contributed by atoms with Crippen molar-refractivity contribution in [2.24, 2.45) is 0 Å². The molecule has 0 spiro atoms. The molecule has 0 aliphatic carbocycles. The van der Waals surface area contributed by atoms with Gasteiger partial charge in [-0.1, -0.05) is 0 Å². The fourth-order valence-corrected chi connectivity index (χ4v) is 0. The maximum Gasteiger partial charge on any atom is 3.00 e. The Labute approximate surface area is 55.4 Å². The first-order valence-corrected chi connectivity index (χ1v) is 0.707. The second-order valence-corrected chi connectivity index (χ2v) is 0. The van der Waals surface area contributed by atoms with Crippen LogP contribution in [-0.4, -0.2) is 20.4 Å². The van der Waals surface area contributed by atoms with E-state index in [-0.39, 0.29) is 20.1 Å². The molecule has 42 valence electrons. The largest absolute Gasteiger partial charge is 3.00 e. The van der Waals surface area contributed by atoms with Crippen molar-refractivity contribution in [3.05, 3.63) is 0 Å². The van der Waals surface area contributed by atoms with Crippen LogP contribution in [0.5, 0.6) is 0 Å². The predicted molar refractivity (Wildman–Crippen MR) is 20.3 cm³/mol. The SMILES string of the molecule is [CH-]=O.[CH-]=O.[CH-]=O.[Ir+3]. The number of carbonyl (C=O) groups excluding carboxylic acids is 3. The van der Waals surface area contributed by atoms with Gasteiger partial charge in [-0.25, -0.2) is 0 Å². The van der Waals surface area contributed by atoms with Crippen LogP contribution in [0.15, 0.2) is 0 Å². The third-order valence-electron chi connectivity index (χ3n) is 0. The summed E-state index contributed by atoms with van der Waals surface area (Å²) in [5.74, 6) is 0. The Bertz CT molecular complexity index is 14.9. The molecule has 0 atom stereocenters. The van der Waals surface area contributed by atoms with Crippen LogP contribution in [0.2, 0.25) is 0 Å². The third-order valence-corrected chi connectivity index (χ3v) is 0. The summed E-state index contributed by atoms with van der Waals surface area (Å²) in [5.41, 5.74) is 0. The van der Waals surface area contributed by atoms with Crippen LogP contribution in [0.1, 0.15) is 0 Å². The normalized spacial score (nSPS) is 1.71. The van der Waals surface area contributed by atoms with Gasteiger partial charge in [-0.15, -0.1) is 0 Å². The van der Waals surface area contributed by atoms with Gasteiger partial charge in [0, 0.05) is 0 Å². The van der Waals surface area contributed by atoms with Crippen molar-refractivity contribution in [1.29, 1.82) is 0 Å². The first-order valence-electron chi connectivity index (χ1n) is 0.707. The zero-order valence-electron chi connectivity index (χ0n) is 3.29. The Morgan fingerprint density at radius 2 is 0.571 bits per heavy atom. The maximum atomic E-state index is 7.75. The summed E-state index contributed by atoms with van der Waals surface area (Å²) in [6.45, 7) is 9.75. The van der Waals surface area contributed by atoms with Crippen LogP contribution >= 0.6 is 0 Å². The minimum absolute atomic E-state index is 0. The van der Waals surface area contributed by atoms with E-state index in [0.717, 1.165) is 0 Å². The Morgan fingerprint density at radius 1 is 0.571 bits per heavy atom. The van der Waals surface area contributed by atoms with Crippen molar-refractivity contribution in [2.45, 2.75) is 0 Å². The molecule has 4 heteroatoms. The van der Waals surface area contributed by atoms with Gasteiger partial charge in [0.25, 0.3) is 0 Å². The predicted octanol–water partition coefficient (Wildman–Crippen LogP) is -0.825. The van der Waals surface area contributed by atoms with Gasteiger partial charge in [-0.3, -0.25) is 20.4 Å². The quantitative estimate of drug-likeness (QED) is 0.430. The Kier molecular flexibility index (Phi) is 4560. The summed E-state index contributed by atoms with van der Waals surface area (Å²) in [6.07, 6.45) is 0. The summed E-state index contributed by atoms with van der Waals surface area (Å²) in [6, 6.07) is 0. The van der Waals surface area contributed by atoms with E-state index in [1.807, 2.05) is 0 Å². The van der Waals surface area contributed by atoms with Crippen LogP contribution < -0.4 is 0 Å². The molecular weight excluding hydrogens is 276 g/mol. The summed E-state index contributed by atoms with van der Waals surface area (Å²) in [4.78, 5) is 23.2. The molecule has 0 aromatic carbocycles. The average molecular weight is 279 g/mol. The number of hydrogen-bond acceptors (Lipinski definition) is 3. The van der Waals surface area contributed by atoms with Gasteiger partial charge in [0.1, 0.15) is 0 Å². The molecule has 0 N–H and O–H groups in total. The fourth-order valence-electron chi connectivity index (χ4n) is 0. The van der Waals surface area contributed by atoms with Gasteiger partial charge in [0.15, 0.2) is 0 Å². The van der Waals surface area contributed by atoms with Gasteiger partial charge in [-0.2, -0.15) is 0 Å². The van der Waals surface area contributed by atoms with Gasteiger partial charge in [0.2, 0.25) is 0 Å². The molecule has 0 bridgehead atoms. The topological polar surface area (TPSA) is 51.2 Å². The monoisotopic (exact) mass is 280 g/mol. The Balaban J connectivity index is -0.00000000900. The summed E-state index contributed by atoms with van der Waals surface area (Å²) < 4.78 is 0. The van der Waals surface area contributed by atoms with Crippen molar-refractivity contribution >= 4 is 20.4 Å². The first kappa shape index (κ1) is 30.2. The molecule has 0 fully saturated rings. The van der Waals surface area contributed by atoms with Gasteiger partial charge < -0.3 is 14.4 Å². The van der Waals surface area contributed by atoms with Gasteiger partial charge in [-0.05, 0) is 0 Å². The smallest absolute Gasteiger partial charge is 0.545 e. The molecular formula is C3H3IrO3. The first-order chi connectivity index (χ1) is 3.00. The van der Waals surface area contributed by atoms with Gasteiger partial charge in [0.05, 0.1) is 0 Å². The Morgan fingerprint density at radius 3 is 0.571 bits per heavy atom. The summed E-state index contributed by atoms with van der Waals surface area (Å²) >= 11 is 0. The van der Waals surface area contributed by atoms with Crippen LogP contribution in [-0.2, 0) is 34.5 Å². The minimum Gasteiger partial charge on any atom is -0.545 e. The molecule has 0 saturated heterocycles. The summed E-state index contributed by atoms with van der Waals surface area (Å²) in [7, 11) is 0. The molecule has 0 rings (SSSR count). The second-order valence-electron chi connectivity index (χ2n) is 0. The zero-order valence-corrected chi connectivity index (χ0v) is 5.69. The van der Waals surface area contributed by atoms with E-state index in [4.69, 9.17) is 14.4 Å². The van der Waals surface area contributed by atoms with Crippen molar-refractivity contribution in [1.82, 2.24) is 0 Å². The molecule has 0 saturated carbocycles. The van der Waals surface area contributed by atoms with Crippen LogP contribution in [0, 0.1) is 0 Å². The molecule has 0 aliphatic heterocycles. The molecule has 0 radical (unpaired) electrons. The van der Waals surface area contributed by atoms with Crippen molar-refractivity contribution in [2.75, 3.05) is 0 Å². The molecule has 0 unspecified atom stereocenters. The van der Waals surface area contributed by atoms with E-state index in [1.165, 1.54) is 0 Å². The number of hydrogen-bond donors (Lipinski definition) is 0. The summed E-state index contributed by atoms with van der Waals surface area (Å²) in [5, 5.41) is 0. The standard InChI is InChI=1S/3CHO.Ir/c3*1-2;/h3*1H;/q3*-1;+3. The molecule has 0 amide bonds. The van der Waals surface area contributed by atoms with Crippen LogP contribution in [0.4, 0.5) is 0 Å². The molecule has 3 nitrogen and oxygen atoms in total. The van der Waals surface area contributed by atoms with E-state index in [0.29, 0.717) is 0 Å². The molecule has 0 aliphatic rings.